The summed E-state index contributed by atoms with van der Waals surface area (Å²) in [7, 11) is 0. The van der Waals surface area contributed by atoms with Crippen molar-refractivity contribution in [3.8, 4) is 0 Å². The highest BCUT2D eigenvalue weighted by Crippen LogP contribution is 2.12. The van der Waals surface area contributed by atoms with Crippen molar-refractivity contribution in [2.75, 3.05) is 39.3 Å². The summed E-state index contributed by atoms with van der Waals surface area (Å²) in [5, 5.41) is 9.52. The first-order valence-electron chi connectivity index (χ1n) is 6.75. The molecule has 19 heavy (non-hydrogen) atoms. The van der Waals surface area contributed by atoms with Crippen LogP contribution < -0.4 is 5.73 Å². The van der Waals surface area contributed by atoms with Gasteiger partial charge >= 0.3 is 0 Å². The number of hydrogen-bond donors (Lipinski definition) is 2. The molecule has 1 aliphatic heterocycles. The lowest BCUT2D eigenvalue weighted by Crippen LogP contribution is -2.49. The van der Waals surface area contributed by atoms with Gasteiger partial charge in [0.15, 0.2) is 0 Å². The van der Waals surface area contributed by atoms with Crippen molar-refractivity contribution in [3.63, 3.8) is 0 Å². The highest BCUT2D eigenvalue weighted by Gasteiger charge is 2.19. The number of hydrogen-bond acceptors (Lipinski definition) is 4. The van der Waals surface area contributed by atoms with E-state index in [9.17, 15) is 9.50 Å². The molecule has 0 amide bonds. The van der Waals surface area contributed by atoms with E-state index >= 15 is 0 Å². The predicted molar refractivity (Wildman–Crippen MR) is 73.2 cm³/mol. The van der Waals surface area contributed by atoms with Crippen LogP contribution in [0.3, 0.4) is 0 Å². The van der Waals surface area contributed by atoms with Gasteiger partial charge in [0.05, 0.1) is 6.10 Å². The lowest BCUT2D eigenvalue weighted by atomic mass is 10.2. The largest absolute Gasteiger partial charge is 0.390 e. The zero-order valence-corrected chi connectivity index (χ0v) is 11.1. The molecule has 106 valence electrons. The van der Waals surface area contributed by atoms with Crippen molar-refractivity contribution < 1.29 is 9.50 Å². The topological polar surface area (TPSA) is 52.7 Å². The van der Waals surface area contributed by atoms with Gasteiger partial charge in [-0.3, -0.25) is 9.80 Å². The zero-order valence-electron chi connectivity index (χ0n) is 11.1. The molecule has 1 fully saturated rings. The van der Waals surface area contributed by atoms with E-state index < -0.39 is 6.10 Å². The van der Waals surface area contributed by atoms with Crippen LogP contribution in [0.25, 0.3) is 0 Å². The summed E-state index contributed by atoms with van der Waals surface area (Å²) >= 11 is 0. The summed E-state index contributed by atoms with van der Waals surface area (Å²) in [6, 6.07) is 6.92. The third-order valence-corrected chi connectivity index (χ3v) is 3.56. The van der Waals surface area contributed by atoms with E-state index in [1.165, 1.54) is 6.07 Å². The van der Waals surface area contributed by atoms with Crippen molar-refractivity contribution in [3.05, 3.63) is 35.6 Å². The molecular weight excluding hydrogens is 245 g/mol. The first-order chi connectivity index (χ1) is 9.19. The molecule has 1 saturated heterocycles. The fourth-order valence-corrected chi connectivity index (χ4v) is 2.37. The van der Waals surface area contributed by atoms with Crippen LogP contribution in [0.2, 0.25) is 0 Å². The van der Waals surface area contributed by atoms with E-state index in [2.05, 4.69) is 9.80 Å². The average Bonchev–Trinajstić information content (AvgIpc) is 2.43. The summed E-state index contributed by atoms with van der Waals surface area (Å²) in [6.07, 6.45) is -0.446. The smallest absolute Gasteiger partial charge is 0.127 e. The van der Waals surface area contributed by atoms with Crippen LogP contribution in [0, 0.1) is 5.82 Å². The standard InChI is InChI=1S/C14H22FN3O/c15-14-4-2-1-3-12(14)10-17-5-7-18(8-6-17)11-13(19)9-16/h1-4,13,19H,5-11,16H2. The summed E-state index contributed by atoms with van der Waals surface area (Å²) in [5.41, 5.74) is 6.15. The van der Waals surface area contributed by atoms with Crippen LogP contribution in [0.15, 0.2) is 24.3 Å². The quantitative estimate of drug-likeness (QED) is 0.804. The molecule has 0 saturated carbocycles. The molecule has 5 heteroatoms. The van der Waals surface area contributed by atoms with E-state index in [0.717, 1.165) is 31.7 Å². The van der Waals surface area contributed by atoms with Crippen LogP contribution in [0.4, 0.5) is 4.39 Å². The highest BCUT2D eigenvalue weighted by molar-refractivity contribution is 5.17. The monoisotopic (exact) mass is 267 g/mol. The lowest BCUT2D eigenvalue weighted by Gasteiger charge is -2.35. The van der Waals surface area contributed by atoms with Crippen LogP contribution in [-0.4, -0.2) is 60.3 Å². The molecule has 1 atom stereocenters. The fraction of sp³-hybridized carbons (Fsp3) is 0.571. The molecule has 0 bridgehead atoms. The molecule has 1 aromatic rings. The lowest BCUT2D eigenvalue weighted by molar-refractivity contribution is 0.0736. The molecule has 0 aliphatic carbocycles. The molecular formula is C14H22FN3O. The minimum absolute atomic E-state index is 0.136. The Morgan fingerprint density at radius 2 is 1.79 bits per heavy atom. The Morgan fingerprint density at radius 3 is 2.42 bits per heavy atom. The number of aliphatic hydroxyl groups is 1. The van der Waals surface area contributed by atoms with Gasteiger partial charge in [0.2, 0.25) is 0 Å². The fourth-order valence-electron chi connectivity index (χ4n) is 2.37. The minimum Gasteiger partial charge on any atom is -0.390 e. The third kappa shape index (κ3) is 4.24. The number of β-amino-alcohol motifs (C(OH)–C–C–N with tert-alkyl or cyclic N) is 1. The number of piperazine rings is 1. The van der Waals surface area contributed by atoms with Crippen LogP contribution in [0.5, 0.6) is 0 Å². The Hall–Kier alpha value is -1.01. The second-order valence-electron chi connectivity index (χ2n) is 5.06. The summed E-state index contributed by atoms with van der Waals surface area (Å²) < 4.78 is 13.6. The average molecular weight is 267 g/mol. The molecule has 4 nitrogen and oxygen atoms in total. The molecule has 1 aromatic carbocycles. The van der Waals surface area contributed by atoms with E-state index in [1.54, 1.807) is 6.07 Å². The number of rotatable bonds is 5. The summed E-state index contributed by atoms with van der Waals surface area (Å²) in [6.45, 7) is 5.16. The molecule has 0 aromatic heterocycles. The van der Waals surface area contributed by atoms with E-state index in [4.69, 9.17) is 5.73 Å². The number of benzene rings is 1. The minimum atomic E-state index is -0.446. The summed E-state index contributed by atoms with van der Waals surface area (Å²) in [4.78, 5) is 4.44. The van der Waals surface area contributed by atoms with Gasteiger partial charge < -0.3 is 10.8 Å². The number of halogens is 1. The van der Waals surface area contributed by atoms with Crippen molar-refractivity contribution in [1.29, 1.82) is 0 Å². The Balaban J connectivity index is 1.79. The molecule has 2 rings (SSSR count). The Bertz CT molecular complexity index is 394. The molecule has 0 spiro atoms. The molecule has 3 N–H and O–H groups in total. The second kappa shape index (κ2) is 6.96. The Morgan fingerprint density at radius 1 is 1.16 bits per heavy atom. The SMILES string of the molecule is NCC(O)CN1CCN(Cc2ccccc2F)CC1. The Labute approximate surface area is 113 Å². The van der Waals surface area contributed by atoms with Gasteiger partial charge in [-0.15, -0.1) is 0 Å². The van der Waals surface area contributed by atoms with Crippen molar-refractivity contribution in [2.24, 2.45) is 5.73 Å². The first-order valence-corrected chi connectivity index (χ1v) is 6.75. The molecule has 1 aliphatic rings. The van der Waals surface area contributed by atoms with Gasteiger partial charge in [-0.1, -0.05) is 18.2 Å². The highest BCUT2D eigenvalue weighted by atomic mass is 19.1. The molecule has 1 heterocycles. The third-order valence-electron chi connectivity index (χ3n) is 3.56. The van der Waals surface area contributed by atoms with Gasteiger partial charge in [-0.25, -0.2) is 4.39 Å². The van der Waals surface area contributed by atoms with E-state index in [-0.39, 0.29) is 5.82 Å². The molecule has 0 radical (unpaired) electrons. The van der Waals surface area contributed by atoms with E-state index in [0.29, 0.717) is 19.6 Å². The van der Waals surface area contributed by atoms with Gasteiger partial charge in [0.25, 0.3) is 0 Å². The van der Waals surface area contributed by atoms with Crippen LogP contribution in [-0.2, 0) is 6.54 Å². The number of nitrogens with two attached hydrogens (primary N) is 1. The van der Waals surface area contributed by atoms with Gasteiger partial charge in [0, 0.05) is 51.4 Å². The first kappa shape index (κ1) is 14.4. The molecule has 1 unspecified atom stereocenters. The van der Waals surface area contributed by atoms with Gasteiger partial charge in [-0.2, -0.15) is 0 Å². The van der Waals surface area contributed by atoms with Gasteiger partial charge in [-0.05, 0) is 6.07 Å². The second-order valence-corrected chi connectivity index (χ2v) is 5.06. The maximum Gasteiger partial charge on any atom is 0.127 e. The van der Waals surface area contributed by atoms with Crippen molar-refractivity contribution in [2.45, 2.75) is 12.6 Å². The number of nitrogens with zero attached hydrogens (tertiary/aromatic N) is 2. The maximum absolute atomic E-state index is 13.6. The normalized spacial score (nSPS) is 19.5. The maximum atomic E-state index is 13.6. The predicted octanol–water partition coefficient (Wildman–Crippen LogP) is 0.263. The van der Waals surface area contributed by atoms with Crippen molar-refractivity contribution >= 4 is 0 Å². The van der Waals surface area contributed by atoms with Crippen LogP contribution in [0.1, 0.15) is 5.56 Å². The van der Waals surface area contributed by atoms with Crippen LogP contribution >= 0.6 is 0 Å². The van der Waals surface area contributed by atoms with Gasteiger partial charge in [0.1, 0.15) is 5.82 Å². The number of aliphatic hydroxyl groups excluding tert-OH is 1. The van der Waals surface area contributed by atoms with E-state index in [1.807, 2.05) is 12.1 Å². The summed E-state index contributed by atoms with van der Waals surface area (Å²) in [5.74, 6) is -0.136. The van der Waals surface area contributed by atoms with Crippen molar-refractivity contribution in [1.82, 2.24) is 9.80 Å². The Kier molecular flexibility index (Phi) is 5.27. The zero-order chi connectivity index (χ0) is 13.7.